The van der Waals surface area contributed by atoms with Crippen molar-refractivity contribution in [3.05, 3.63) is 89.5 Å². The van der Waals surface area contributed by atoms with Crippen LogP contribution in [-0.4, -0.2) is 33.6 Å². The first-order valence-electron chi connectivity index (χ1n) is 10.7. The Hall–Kier alpha value is -3.65. The van der Waals surface area contributed by atoms with E-state index >= 15 is 0 Å². The van der Waals surface area contributed by atoms with Crippen LogP contribution < -0.4 is 15.0 Å². The van der Waals surface area contributed by atoms with Gasteiger partial charge in [-0.3, -0.25) is 9.52 Å². The first-order chi connectivity index (χ1) is 15.8. The molecule has 0 bridgehead atoms. The summed E-state index contributed by atoms with van der Waals surface area (Å²) < 4.78 is 27.5. The fourth-order valence-corrected chi connectivity index (χ4v) is 4.27. The van der Waals surface area contributed by atoms with Crippen LogP contribution in [0.15, 0.2) is 82.8 Å². The average molecular weight is 465 g/mol. The van der Waals surface area contributed by atoms with Gasteiger partial charge in [-0.2, -0.15) is 5.10 Å². The van der Waals surface area contributed by atoms with Crippen LogP contribution in [0, 0.1) is 6.92 Å². The normalized spacial score (nSPS) is 11.4. The highest BCUT2D eigenvalue weighted by Crippen LogP contribution is 2.17. The van der Waals surface area contributed by atoms with E-state index in [9.17, 15) is 13.2 Å². The molecule has 0 atom stereocenters. The number of hydrazone groups is 1. The summed E-state index contributed by atoms with van der Waals surface area (Å²) in [6.07, 6.45) is 1.58. The van der Waals surface area contributed by atoms with Gasteiger partial charge >= 0.3 is 0 Å². The number of sulfonamides is 1. The van der Waals surface area contributed by atoms with Crippen molar-refractivity contribution in [2.24, 2.45) is 5.10 Å². The van der Waals surface area contributed by atoms with Crippen LogP contribution in [0.5, 0.6) is 0 Å². The molecular formula is C25H28N4O3S. The summed E-state index contributed by atoms with van der Waals surface area (Å²) in [5.74, 6) is -0.390. The number of benzene rings is 3. The SMILES string of the molecule is CCN(CC)c1ccc(/C=N\NC(=O)c2ccc(NS(=O)(=O)c3ccc(C)cc3)cc2)cc1. The molecule has 0 fully saturated rings. The Morgan fingerprint density at radius 1 is 0.909 bits per heavy atom. The van der Waals surface area contributed by atoms with Crippen LogP contribution in [0.1, 0.15) is 35.3 Å². The van der Waals surface area contributed by atoms with E-state index in [1.54, 1.807) is 30.5 Å². The van der Waals surface area contributed by atoms with Gasteiger partial charge in [0.15, 0.2) is 0 Å². The maximum absolute atomic E-state index is 12.5. The second-order valence-corrected chi connectivity index (χ2v) is 9.14. The molecule has 0 spiro atoms. The van der Waals surface area contributed by atoms with Crippen LogP contribution in [0.2, 0.25) is 0 Å². The molecule has 172 valence electrons. The summed E-state index contributed by atoms with van der Waals surface area (Å²) in [7, 11) is -3.70. The van der Waals surface area contributed by atoms with Gasteiger partial charge in [-0.05, 0) is 74.9 Å². The van der Waals surface area contributed by atoms with Crippen LogP contribution >= 0.6 is 0 Å². The molecule has 0 heterocycles. The van der Waals surface area contributed by atoms with Gasteiger partial charge in [-0.1, -0.05) is 29.8 Å². The van der Waals surface area contributed by atoms with Crippen LogP contribution in [0.4, 0.5) is 11.4 Å². The molecule has 8 heteroatoms. The summed E-state index contributed by atoms with van der Waals surface area (Å²) in [4.78, 5) is 14.8. The minimum absolute atomic E-state index is 0.175. The van der Waals surface area contributed by atoms with Crippen molar-refractivity contribution in [3.63, 3.8) is 0 Å². The molecule has 2 N–H and O–H groups in total. The number of carbonyl (C=O) groups is 1. The van der Waals surface area contributed by atoms with E-state index in [2.05, 4.69) is 34.0 Å². The summed E-state index contributed by atoms with van der Waals surface area (Å²) in [5, 5.41) is 4.01. The summed E-state index contributed by atoms with van der Waals surface area (Å²) in [6.45, 7) is 7.99. The predicted molar refractivity (Wildman–Crippen MR) is 133 cm³/mol. The number of nitrogens with one attached hydrogen (secondary N) is 2. The van der Waals surface area contributed by atoms with Gasteiger partial charge in [-0.25, -0.2) is 13.8 Å². The van der Waals surface area contributed by atoms with E-state index in [-0.39, 0.29) is 10.8 Å². The van der Waals surface area contributed by atoms with Crippen LogP contribution in [-0.2, 0) is 10.0 Å². The fraction of sp³-hybridized carbons (Fsp3) is 0.200. The van der Waals surface area contributed by atoms with Crippen molar-refractivity contribution in [2.45, 2.75) is 25.7 Å². The van der Waals surface area contributed by atoms with Crippen molar-refractivity contribution >= 4 is 33.5 Å². The van der Waals surface area contributed by atoms with E-state index in [1.165, 1.54) is 24.3 Å². The molecule has 3 aromatic rings. The number of amides is 1. The molecule has 3 aromatic carbocycles. The van der Waals surface area contributed by atoms with E-state index in [0.29, 0.717) is 11.3 Å². The molecule has 0 aliphatic rings. The number of nitrogens with zero attached hydrogens (tertiary/aromatic N) is 2. The number of aryl methyl sites for hydroxylation is 1. The quantitative estimate of drug-likeness (QED) is 0.363. The Morgan fingerprint density at radius 2 is 1.52 bits per heavy atom. The molecule has 1 amide bonds. The topological polar surface area (TPSA) is 90.9 Å². The third-order valence-electron chi connectivity index (χ3n) is 5.13. The molecule has 0 aliphatic heterocycles. The number of rotatable bonds is 9. The molecule has 0 aliphatic carbocycles. The van der Waals surface area contributed by atoms with Crippen molar-refractivity contribution in [1.29, 1.82) is 0 Å². The highest BCUT2D eigenvalue weighted by atomic mass is 32.2. The lowest BCUT2D eigenvalue weighted by Gasteiger charge is -2.20. The van der Waals surface area contributed by atoms with Gasteiger partial charge in [0, 0.05) is 30.0 Å². The Labute approximate surface area is 195 Å². The standard InChI is InChI=1S/C25H28N4O3S/c1-4-29(5-2)23-14-8-20(9-15-23)18-26-27-25(30)21-10-12-22(13-11-21)28-33(31,32)24-16-6-19(3)7-17-24/h6-18,28H,4-5H2,1-3H3,(H,27,30)/b26-18-. The maximum atomic E-state index is 12.5. The van der Waals surface area contributed by atoms with Crippen molar-refractivity contribution in [2.75, 3.05) is 22.7 Å². The maximum Gasteiger partial charge on any atom is 0.271 e. The Balaban J connectivity index is 1.58. The predicted octanol–water partition coefficient (Wildman–Crippen LogP) is 4.41. The fourth-order valence-electron chi connectivity index (χ4n) is 3.21. The van der Waals surface area contributed by atoms with Gasteiger partial charge in [0.05, 0.1) is 11.1 Å². The van der Waals surface area contributed by atoms with Gasteiger partial charge in [0.25, 0.3) is 15.9 Å². The van der Waals surface area contributed by atoms with E-state index in [4.69, 9.17) is 0 Å². The highest BCUT2D eigenvalue weighted by molar-refractivity contribution is 7.92. The van der Waals surface area contributed by atoms with Gasteiger partial charge in [-0.15, -0.1) is 0 Å². The Bertz CT molecular complexity index is 1200. The summed E-state index contributed by atoms with van der Waals surface area (Å²) >= 11 is 0. The van der Waals surface area contributed by atoms with Crippen molar-refractivity contribution in [3.8, 4) is 0 Å². The minimum Gasteiger partial charge on any atom is -0.372 e. The zero-order valence-corrected chi connectivity index (χ0v) is 19.8. The van der Waals surface area contributed by atoms with E-state index in [0.717, 1.165) is 29.9 Å². The average Bonchev–Trinajstić information content (AvgIpc) is 2.81. The zero-order valence-electron chi connectivity index (χ0n) is 18.9. The van der Waals surface area contributed by atoms with Gasteiger partial charge in [0.1, 0.15) is 0 Å². The molecule has 3 rings (SSSR count). The molecule has 0 aromatic heterocycles. The second-order valence-electron chi connectivity index (χ2n) is 7.46. The number of carbonyl (C=O) groups excluding carboxylic acids is 1. The van der Waals surface area contributed by atoms with E-state index < -0.39 is 10.0 Å². The van der Waals surface area contributed by atoms with Gasteiger partial charge in [0.2, 0.25) is 0 Å². The molecular weight excluding hydrogens is 436 g/mol. The second kappa shape index (κ2) is 10.8. The largest absolute Gasteiger partial charge is 0.372 e. The lowest BCUT2D eigenvalue weighted by molar-refractivity contribution is 0.0955. The third kappa shape index (κ3) is 6.43. The molecule has 0 saturated heterocycles. The number of anilines is 2. The number of hydrogen-bond donors (Lipinski definition) is 2. The molecule has 33 heavy (non-hydrogen) atoms. The smallest absolute Gasteiger partial charge is 0.271 e. The summed E-state index contributed by atoms with van der Waals surface area (Å²) in [5.41, 5.74) is 6.20. The number of hydrogen-bond acceptors (Lipinski definition) is 5. The zero-order chi connectivity index (χ0) is 23.8. The highest BCUT2D eigenvalue weighted by Gasteiger charge is 2.14. The van der Waals surface area contributed by atoms with Gasteiger partial charge < -0.3 is 4.90 Å². The Kier molecular flexibility index (Phi) is 7.84. The summed E-state index contributed by atoms with van der Waals surface area (Å²) in [6, 6.07) is 20.7. The van der Waals surface area contributed by atoms with Crippen molar-refractivity contribution in [1.82, 2.24) is 5.43 Å². The minimum atomic E-state index is -3.70. The van der Waals surface area contributed by atoms with Crippen molar-refractivity contribution < 1.29 is 13.2 Å². The lowest BCUT2D eigenvalue weighted by atomic mass is 10.2. The van der Waals surface area contributed by atoms with E-state index in [1.807, 2.05) is 31.2 Å². The Morgan fingerprint density at radius 3 is 2.09 bits per heavy atom. The monoisotopic (exact) mass is 464 g/mol. The molecule has 0 saturated carbocycles. The molecule has 0 radical (unpaired) electrons. The first-order valence-corrected chi connectivity index (χ1v) is 12.2. The van der Waals surface area contributed by atoms with Crippen LogP contribution in [0.3, 0.4) is 0 Å². The third-order valence-corrected chi connectivity index (χ3v) is 6.53. The first kappa shape index (κ1) is 24.0. The molecule has 7 nitrogen and oxygen atoms in total. The molecule has 0 unspecified atom stereocenters. The van der Waals surface area contributed by atoms with Crippen LogP contribution in [0.25, 0.3) is 0 Å². The lowest BCUT2D eigenvalue weighted by Crippen LogP contribution is -2.21.